The summed E-state index contributed by atoms with van der Waals surface area (Å²) in [5.74, 6) is 0.241. The van der Waals surface area contributed by atoms with Crippen LogP contribution in [0, 0.1) is 0 Å². The molecule has 0 unspecified atom stereocenters. The van der Waals surface area contributed by atoms with E-state index in [4.69, 9.17) is 0 Å². The van der Waals surface area contributed by atoms with Crippen molar-refractivity contribution in [1.82, 2.24) is 4.90 Å². The smallest absolute Gasteiger partial charge is 0.223 e. The van der Waals surface area contributed by atoms with E-state index in [2.05, 4.69) is 104 Å². The second kappa shape index (κ2) is 15.0. The molecular weight excluding hydrogens is 426 g/mol. The molecule has 0 radical (unpaired) electrons. The van der Waals surface area contributed by atoms with E-state index >= 15 is 0 Å². The third kappa shape index (κ3) is 8.55. The lowest BCUT2D eigenvalue weighted by Gasteiger charge is -2.34. The van der Waals surface area contributed by atoms with Gasteiger partial charge in [0.25, 0.3) is 0 Å². The summed E-state index contributed by atoms with van der Waals surface area (Å²) >= 11 is 0. The standard InChI is InChI=1S/C33H41NO/c1-3-5-10-20-29(26-28-18-12-7-13-19-28)27-34(32(35)25-11-6-4-2)33(30-21-14-8-15-22-30)31-23-16-9-17-24-31/h7-9,12-19,21-24,26,33H,3-6,10-11,20,25,27H2,1-2H3/b29-26+. The quantitative estimate of drug-likeness (QED) is 0.217. The summed E-state index contributed by atoms with van der Waals surface area (Å²) in [6.45, 7) is 5.08. The first kappa shape index (κ1) is 26.5. The Hall–Kier alpha value is -3.13. The minimum Gasteiger partial charge on any atom is -0.328 e. The van der Waals surface area contributed by atoms with Gasteiger partial charge in [-0.3, -0.25) is 4.79 Å². The number of hydrogen-bond donors (Lipinski definition) is 0. The Morgan fingerprint density at radius 1 is 0.686 bits per heavy atom. The van der Waals surface area contributed by atoms with Gasteiger partial charge in [0.05, 0.1) is 6.04 Å². The number of nitrogens with zero attached hydrogens (tertiary/aromatic N) is 1. The highest BCUT2D eigenvalue weighted by Gasteiger charge is 2.27. The molecule has 0 heterocycles. The van der Waals surface area contributed by atoms with Gasteiger partial charge in [-0.1, -0.05) is 142 Å². The fourth-order valence-electron chi connectivity index (χ4n) is 4.62. The van der Waals surface area contributed by atoms with Gasteiger partial charge >= 0.3 is 0 Å². The van der Waals surface area contributed by atoms with E-state index in [0.717, 1.165) is 43.2 Å². The molecule has 0 aliphatic carbocycles. The maximum Gasteiger partial charge on any atom is 0.223 e. The van der Waals surface area contributed by atoms with E-state index in [-0.39, 0.29) is 11.9 Å². The minimum atomic E-state index is -0.100. The van der Waals surface area contributed by atoms with Gasteiger partial charge in [-0.15, -0.1) is 0 Å². The molecule has 0 atom stereocenters. The zero-order valence-corrected chi connectivity index (χ0v) is 21.5. The van der Waals surface area contributed by atoms with Crippen molar-refractivity contribution >= 4 is 12.0 Å². The molecule has 0 aliphatic heterocycles. The highest BCUT2D eigenvalue weighted by molar-refractivity contribution is 5.78. The third-order valence-corrected chi connectivity index (χ3v) is 6.50. The maximum atomic E-state index is 13.8. The van der Waals surface area contributed by atoms with Crippen molar-refractivity contribution < 1.29 is 4.79 Å². The second-order valence-electron chi connectivity index (χ2n) is 9.37. The Morgan fingerprint density at radius 2 is 1.17 bits per heavy atom. The molecule has 0 saturated heterocycles. The van der Waals surface area contributed by atoms with Gasteiger partial charge in [0.15, 0.2) is 0 Å². The number of unbranched alkanes of at least 4 members (excludes halogenated alkanes) is 4. The van der Waals surface area contributed by atoms with Crippen molar-refractivity contribution in [1.29, 1.82) is 0 Å². The van der Waals surface area contributed by atoms with E-state index in [1.807, 2.05) is 12.1 Å². The average molecular weight is 468 g/mol. The number of rotatable bonds is 14. The third-order valence-electron chi connectivity index (χ3n) is 6.50. The van der Waals surface area contributed by atoms with E-state index in [0.29, 0.717) is 13.0 Å². The highest BCUT2D eigenvalue weighted by atomic mass is 16.2. The topological polar surface area (TPSA) is 20.3 Å². The van der Waals surface area contributed by atoms with Gasteiger partial charge in [0, 0.05) is 13.0 Å². The number of benzene rings is 3. The normalized spacial score (nSPS) is 11.6. The van der Waals surface area contributed by atoms with Crippen LogP contribution in [0.5, 0.6) is 0 Å². The molecule has 0 bridgehead atoms. The molecule has 0 aliphatic rings. The van der Waals surface area contributed by atoms with Gasteiger partial charge in [-0.2, -0.15) is 0 Å². The van der Waals surface area contributed by atoms with Crippen LogP contribution in [0.1, 0.15) is 87.9 Å². The Balaban J connectivity index is 2.01. The molecule has 3 rings (SSSR count). The molecule has 0 fully saturated rings. The molecular formula is C33H41NO. The van der Waals surface area contributed by atoms with Crippen LogP contribution in [0.25, 0.3) is 6.08 Å². The first-order valence-electron chi connectivity index (χ1n) is 13.4. The molecule has 1 amide bonds. The van der Waals surface area contributed by atoms with Gasteiger partial charge in [0.1, 0.15) is 0 Å². The number of hydrogen-bond acceptors (Lipinski definition) is 1. The Morgan fingerprint density at radius 3 is 1.69 bits per heavy atom. The predicted molar refractivity (Wildman–Crippen MR) is 149 cm³/mol. The number of carbonyl (C=O) groups is 1. The molecule has 0 saturated carbocycles. The zero-order chi connectivity index (χ0) is 24.7. The lowest BCUT2D eigenvalue weighted by Crippen LogP contribution is -2.37. The van der Waals surface area contributed by atoms with Gasteiger partial charge < -0.3 is 4.90 Å². The van der Waals surface area contributed by atoms with Crippen LogP contribution < -0.4 is 0 Å². The van der Waals surface area contributed by atoms with Crippen molar-refractivity contribution in [3.05, 3.63) is 113 Å². The average Bonchev–Trinajstić information content (AvgIpc) is 2.90. The van der Waals surface area contributed by atoms with Crippen molar-refractivity contribution in [2.75, 3.05) is 6.54 Å². The monoisotopic (exact) mass is 467 g/mol. The Kier molecular flexibility index (Phi) is 11.3. The summed E-state index contributed by atoms with van der Waals surface area (Å²) in [7, 11) is 0. The van der Waals surface area contributed by atoms with E-state index < -0.39 is 0 Å². The Bertz CT molecular complexity index is 971. The highest BCUT2D eigenvalue weighted by Crippen LogP contribution is 2.31. The predicted octanol–water partition coefficient (Wildman–Crippen LogP) is 8.85. The molecule has 0 spiro atoms. The maximum absolute atomic E-state index is 13.8. The van der Waals surface area contributed by atoms with Crippen LogP contribution in [0.15, 0.2) is 96.6 Å². The molecule has 2 nitrogen and oxygen atoms in total. The largest absolute Gasteiger partial charge is 0.328 e. The van der Waals surface area contributed by atoms with E-state index in [9.17, 15) is 4.79 Å². The van der Waals surface area contributed by atoms with Crippen LogP contribution in [0.2, 0.25) is 0 Å². The van der Waals surface area contributed by atoms with Crippen molar-refractivity contribution in [2.45, 2.75) is 71.3 Å². The molecule has 0 N–H and O–H groups in total. The Labute approximate surface area is 212 Å². The van der Waals surface area contributed by atoms with Crippen molar-refractivity contribution in [3.63, 3.8) is 0 Å². The fourth-order valence-corrected chi connectivity index (χ4v) is 4.62. The molecule has 35 heavy (non-hydrogen) atoms. The lowest BCUT2D eigenvalue weighted by atomic mass is 9.94. The van der Waals surface area contributed by atoms with Gasteiger partial charge in [-0.25, -0.2) is 0 Å². The number of carbonyl (C=O) groups excluding carboxylic acids is 1. The van der Waals surface area contributed by atoms with Crippen LogP contribution >= 0.6 is 0 Å². The first-order chi connectivity index (χ1) is 17.2. The summed E-state index contributed by atoms with van der Waals surface area (Å²) in [6, 6.07) is 31.4. The fraction of sp³-hybridized carbons (Fsp3) is 0.364. The van der Waals surface area contributed by atoms with Gasteiger partial charge in [0.2, 0.25) is 5.91 Å². The molecule has 3 aromatic carbocycles. The van der Waals surface area contributed by atoms with Crippen LogP contribution in [-0.2, 0) is 4.79 Å². The summed E-state index contributed by atoms with van der Waals surface area (Å²) in [5, 5.41) is 0. The van der Waals surface area contributed by atoms with Crippen molar-refractivity contribution in [3.8, 4) is 0 Å². The molecule has 0 aromatic heterocycles. The molecule has 184 valence electrons. The van der Waals surface area contributed by atoms with Crippen LogP contribution in [0.4, 0.5) is 0 Å². The summed E-state index contributed by atoms with van der Waals surface area (Å²) < 4.78 is 0. The lowest BCUT2D eigenvalue weighted by molar-refractivity contribution is -0.132. The second-order valence-corrected chi connectivity index (χ2v) is 9.37. The number of amides is 1. The zero-order valence-electron chi connectivity index (χ0n) is 21.5. The van der Waals surface area contributed by atoms with Crippen LogP contribution in [-0.4, -0.2) is 17.4 Å². The SMILES string of the molecule is CCCCCC(=O)N(C/C(=C/c1ccccc1)CCCCC)C(c1ccccc1)c1ccccc1. The van der Waals surface area contributed by atoms with Crippen molar-refractivity contribution in [2.24, 2.45) is 0 Å². The van der Waals surface area contributed by atoms with Crippen LogP contribution in [0.3, 0.4) is 0 Å². The van der Waals surface area contributed by atoms with E-state index in [1.165, 1.54) is 24.0 Å². The summed E-state index contributed by atoms with van der Waals surface area (Å²) in [5.41, 5.74) is 4.85. The first-order valence-corrected chi connectivity index (χ1v) is 13.4. The summed E-state index contributed by atoms with van der Waals surface area (Å²) in [6.07, 6.45) is 10.6. The summed E-state index contributed by atoms with van der Waals surface area (Å²) in [4.78, 5) is 16.0. The molecule has 2 heteroatoms. The van der Waals surface area contributed by atoms with E-state index in [1.54, 1.807) is 0 Å². The minimum absolute atomic E-state index is 0.100. The van der Waals surface area contributed by atoms with Gasteiger partial charge in [-0.05, 0) is 36.0 Å². The molecule has 3 aromatic rings.